The molecule has 0 nitrogen and oxygen atoms in total. The Morgan fingerprint density at radius 1 is 1.57 bits per heavy atom. The first-order valence-electron chi connectivity index (χ1n) is 2.04. The molecule has 0 aromatic carbocycles. The minimum atomic E-state index is -0.189. The molecule has 7 heavy (non-hydrogen) atoms. The fourth-order valence-electron chi connectivity index (χ4n) is 0.197. The minimum absolute atomic E-state index is 0.189. The molecular weight excluding hydrogens is 131 g/mol. The summed E-state index contributed by atoms with van der Waals surface area (Å²) in [6, 6.07) is 0. The summed E-state index contributed by atoms with van der Waals surface area (Å²) in [5.74, 6) is 0.654. The van der Waals surface area contributed by atoms with E-state index in [-0.39, 0.29) is 6.67 Å². The Morgan fingerprint density at radius 2 is 2.29 bits per heavy atom. The predicted molar refractivity (Wildman–Crippen MR) is 36.8 cm³/mol. The molecule has 0 saturated carbocycles. The van der Waals surface area contributed by atoms with Crippen LogP contribution in [0.1, 0.15) is 0 Å². The van der Waals surface area contributed by atoms with Crippen molar-refractivity contribution < 1.29 is 4.39 Å². The van der Waals surface area contributed by atoms with E-state index in [1.165, 1.54) is 0 Å². The van der Waals surface area contributed by atoms with Crippen molar-refractivity contribution in [3.05, 3.63) is 0 Å². The molecule has 0 aliphatic heterocycles. The topological polar surface area (TPSA) is 0 Å². The largest absolute Gasteiger partial charge is 0.250 e. The van der Waals surface area contributed by atoms with Crippen LogP contribution in [0.4, 0.5) is 4.39 Å². The van der Waals surface area contributed by atoms with Crippen molar-refractivity contribution in [2.75, 3.05) is 23.8 Å². The van der Waals surface area contributed by atoms with Crippen LogP contribution in [0.2, 0.25) is 0 Å². The van der Waals surface area contributed by atoms with Gasteiger partial charge in [-0.15, -0.1) is 11.8 Å². The second kappa shape index (κ2) is 6.63. The van der Waals surface area contributed by atoms with Gasteiger partial charge in [-0.2, -0.15) is 11.8 Å². The van der Waals surface area contributed by atoms with Crippen molar-refractivity contribution in [1.82, 2.24) is 0 Å². The van der Waals surface area contributed by atoms with Crippen molar-refractivity contribution in [3.8, 4) is 0 Å². The van der Waals surface area contributed by atoms with Gasteiger partial charge in [0.05, 0.1) is 6.67 Å². The number of halogens is 1. The third-order valence-electron chi connectivity index (χ3n) is 0.423. The Labute approximate surface area is 52.2 Å². The van der Waals surface area contributed by atoms with Crippen LogP contribution in [-0.4, -0.2) is 23.8 Å². The van der Waals surface area contributed by atoms with Crippen LogP contribution in [0.25, 0.3) is 0 Å². The lowest BCUT2D eigenvalue weighted by atomic mass is 10.9. The Hall–Kier alpha value is 0.630. The molecule has 0 amide bonds. The SMILES string of the molecule is CSCSCCF. The van der Waals surface area contributed by atoms with Crippen molar-refractivity contribution >= 4 is 23.5 Å². The average Bonchev–Trinajstić information content (AvgIpc) is 1.69. The first-order chi connectivity index (χ1) is 3.41. The first-order valence-corrected chi connectivity index (χ1v) is 4.59. The van der Waals surface area contributed by atoms with Crippen LogP contribution < -0.4 is 0 Å². The van der Waals surface area contributed by atoms with Gasteiger partial charge in [-0.1, -0.05) is 0 Å². The summed E-state index contributed by atoms with van der Waals surface area (Å²) in [5.41, 5.74) is 0. The molecule has 0 unspecified atom stereocenters. The van der Waals surface area contributed by atoms with Gasteiger partial charge in [0.25, 0.3) is 0 Å². The molecular formula is C4H9FS2. The number of hydrogen-bond donors (Lipinski definition) is 0. The van der Waals surface area contributed by atoms with E-state index in [2.05, 4.69) is 0 Å². The van der Waals surface area contributed by atoms with Crippen LogP contribution in [0.3, 0.4) is 0 Å². The molecule has 0 bridgehead atoms. The van der Waals surface area contributed by atoms with Crippen molar-refractivity contribution in [2.24, 2.45) is 0 Å². The average molecular weight is 140 g/mol. The van der Waals surface area contributed by atoms with E-state index < -0.39 is 0 Å². The fraction of sp³-hybridized carbons (Fsp3) is 1.00. The summed E-state index contributed by atoms with van der Waals surface area (Å²) in [4.78, 5) is 0. The smallest absolute Gasteiger partial charge is 0.0985 e. The Morgan fingerprint density at radius 3 is 2.71 bits per heavy atom. The number of alkyl halides is 1. The molecule has 0 N–H and O–H groups in total. The van der Waals surface area contributed by atoms with E-state index in [0.717, 1.165) is 5.08 Å². The molecule has 0 rings (SSSR count). The summed E-state index contributed by atoms with van der Waals surface area (Å²) in [5, 5.41) is 1.02. The highest BCUT2D eigenvalue weighted by Crippen LogP contribution is 2.06. The van der Waals surface area contributed by atoms with Gasteiger partial charge in [-0.3, -0.25) is 4.39 Å². The fourth-order valence-corrected chi connectivity index (χ4v) is 1.44. The maximum absolute atomic E-state index is 11.3. The van der Waals surface area contributed by atoms with Gasteiger partial charge < -0.3 is 0 Å². The molecule has 0 atom stereocenters. The zero-order chi connectivity index (χ0) is 5.54. The third-order valence-corrected chi connectivity index (χ3v) is 2.48. The van der Waals surface area contributed by atoms with Gasteiger partial charge in [-0.05, 0) is 6.26 Å². The highest BCUT2D eigenvalue weighted by atomic mass is 32.2. The molecule has 0 aromatic rings. The summed E-state index contributed by atoms with van der Waals surface area (Å²) in [6.07, 6.45) is 2.02. The normalized spacial score (nSPS) is 9.43. The molecule has 0 heterocycles. The van der Waals surface area contributed by atoms with E-state index in [9.17, 15) is 4.39 Å². The van der Waals surface area contributed by atoms with Crippen LogP contribution in [0.5, 0.6) is 0 Å². The Kier molecular flexibility index (Phi) is 7.23. The second-order valence-electron chi connectivity index (χ2n) is 1.00. The molecule has 3 heteroatoms. The predicted octanol–water partition coefficient (Wildman–Crippen LogP) is 2.01. The maximum atomic E-state index is 11.3. The zero-order valence-electron chi connectivity index (χ0n) is 4.32. The lowest BCUT2D eigenvalue weighted by Gasteiger charge is -1.89. The Balaban J connectivity index is 2.45. The van der Waals surface area contributed by atoms with Crippen LogP contribution in [-0.2, 0) is 0 Å². The van der Waals surface area contributed by atoms with E-state index in [1.54, 1.807) is 23.5 Å². The van der Waals surface area contributed by atoms with E-state index >= 15 is 0 Å². The molecule has 0 aromatic heterocycles. The quantitative estimate of drug-likeness (QED) is 0.433. The third kappa shape index (κ3) is 6.63. The minimum Gasteiger partial charge on any atom is -0.250 e. The van der Waals surface area contributed by atoms with Crippen LogP contribution in [0.15, 0.2) is 0 Å². The lowest BCUT2D eigenvalue weighted by molar-refractivity contribution is 0.533. The number of hydrogen-bond acceptors (Lipinski definition) is 2. The van der Waals surface area contributed by atoms with Crippen molar-refractivity contribution in [1.29, 1.82) is 0 Å². The van der Waals surface area contributed by atoms with Gasteiger partial charge >= 0.3 is 0 Å². The zero-order valence-corrected chi connectivity index (χ0v) is 5.95. The van der Waals surface area contributed by atoms with Crippen molar-refractivity contribution in [2.45, 2.75) is 0 Å². The molecule has 0 spiro atoms. The van der Waals surface area contributed by atoms with E-state index in [0.29, 0.717) is 5.75 Å². The molecule has 0 radical (unpaired) electrons. The molecule has 44 valence electrons. The van der Waals surface area contributed by atoms with Crippen LogP contribution in [0, 0.1) is 0 Å². The summed E-state index contributed by atoms with van der Waals surface area (Å²) >= 11 is 3.38. The number of rotatable bonds is 4. The van der Waals surface area contributed by atoms with Gasteiger partial charge in [0.2, 0.25) is 0 Å². The number of thioether (sulfide) groups is 2. The molecule has 0 saturated heterocycles. The van der Waals surface area contributed by atoms with Gasteiger partial charge in [-0.25, -0.2) is 0 Å². The molecule has 0 aliphatic carbocycles. The summed E-state index contributed by atoms with van der Waals surface area (Å²) in [7, 11) is 0. The second-order valence-corrected chi connectivity index (χ2v) is 3.34. The first kappa shape index (κ1) is 7.63. The highest BCUT2D eigenvalue weighted by Gasteiger charge is 1.82. The monoisotopic (exact) mass is 140 g/mol. The molecule has 0 fully saturated rings. The standard InChI is InChI=1S/C4H9FS2/c1-6-4-7-3-2-5/h2-4H2,1H3. The van der Waals surface area contributed by atoms with E-state index in [4.69, 9.17) is 0 Å². The van der Waals surface area contributed by atoms with Crippen molar-refractivity contribution in [3.63, 3.8) is 0 Å². The summed E-state index contributed by atoms with van der Waals surface area (Å²) in [6.45, 7) is -0.189. The van der Waals surface area contributed by atoms with Gasteiger partial charge in [0.1, 0.15) is 0 Å². The Bertz CT molecular complexity index is 28.9. The summed E-state index contributed by atoms with van der Waals surface area (Å²) < 4.78 is 11.3. The van der Waals surface area contributed by atoms with E-state index in [1.807, 2.05) is 6.26 Å². The van der Waals surface area contributed by atoms with Gasteiger partial charge in [0.15, 0.2) is 0 Å². The van der Waals surface area contributed by atoms with Gasteiger partial charge in [0, 0.05) is 10.8 Å². The van der Waals surface area contributed by atoms with Crippen LogP contribution >= 0.6 is 23.5 Å². The maximum Gasteiger partial charge on any atom is 0.0985 e. The molecule has 0 aliphatic rings. The highest BCUT2D eigenvalue weighted by molar-refractivity contribution is 8.15. The lowest BCUT2D eigenvalue weighted by Crippen LogP contribution is -1.78.